The first-order valence-electron chi connectivity index (χ1n) is 6.19. The van der Waals surface area contributed by atoms with Gasteiger partial charge in [0, 0.05) is 6.54 Å². The lowest BCUT2D eigenvalue weighted by Gasteiger charge is -2.16. The normalized spacial score (nSPS) is 14.4. The van der Waals surface area contributed by atoms with Gasteiger partial charge in [-0.1, -0.05) is 13.8 Å². The molecule has 20 heavy (non-hydrogen) atoms. The van der Waals surface area contributed by atoms with Gasteiger partial charge in [-0.05, 0) is 19.3 Å². The van der Waals surface area contributed by atoms with Crippen molar-refractivity contribution < 1.29 is 26.7 Å². The Kier molecular flexibility index (Phi) is 7.63. The van der Waals surface area contributed by atoms with Crippen LogP contribution >= 0.6 is 0 Å². The Morgan fingerprint density at radius 3 is 2.10 bits per heavy atom. The molecular formula is C10H22N2O6S2. The van der Waals surface area contributed by atoms with E-state index in [-0.39, 0.29) is 24.6 Å². The monoisotopic (exact) mass is 330 g/mol. The van der Waals surface area contributed by atoms with Gasteiger partial charge in [0.1, 0.15) is 6.04 Å². The van der Waals surface area contributed by atoms with Crippen LogP contribution < -0.4 is 9.44 Å². The second kappa shape index (κ2) is 7.91. The van der Waals surface area contributed by atoms with Gasteiger partial charge in [-0.3, -0.25) is 4.79 Å². The van der Waals surface area contributed by atoms with Crippen LogP contribution in [0.3, 0.4) is 0 Å². The Hall–Kier alpha value is -0.710. The Bertz CT molecular complexity index is 512. The van der Waals surface area contributed by atoms with E-state index in [4.69, 9.17) is 5.11 Å². The molecule has 0 fully saturated rings. The molecule has 0 aromatic rings. The molecule has 0 saturated carbocycles. The molecule has 0 spiro atoms. The lowest BCUT2D eigenvalue weighted by molar-refractivity contribution is -0.139. The quantitative estimate of drug-likeness (QED) is 0.488. The van der Waals surface area contributed by atoms with Gasteiger partial charge in [-0.15, -0.1) is 0 Å². The number of hydrogen-bond donors (Lipinski definition) is 3. The lowest BCUT2D eigenvalue weighted by Crippen LogP contribution is -2.44. The Balaban J connectivity index is 4.53. The van der Waals surface area contributed by atoms with E-state index in [0.29, 0.717) is 0 Å². The van der Waals surface area contributed by atoms with Crippen LogP contribution in [-0.2, 0) is 24.8 Å². The van der Waals surface area contributed by atoms with Crippen molar-refractivity contribution in [2.75, 3.05) is 18.1 Å². The fraction of sp³-hybridized carbons (Fsp3) is 0.900. The Morgan fingerprint density at radius 1 is 1.15 bits per heavy atom. The molecule has 8 nitrogen and oxygen atoms in total. The van der Waals surface area contributed by atoms with Gasteiger partial charge < -0.3 is 5.11 Å². The van der Waals surface area contributed by atoms with Crippen LogP contribution in [0.15, 0.2) is 0 Å². The molecule has 0 aromatic carbocycles. The third kappa shape index (κ3) is 8.46. The fourth-order valence-corrected chi connectivity index (χ4v) is 3.25. The van der Waals surface area contributed by atoms with Crippen molar-refractivity contribution in [1.82, 2.24) is 9.44 Å². The number of sulfonamides is 2. The Morgan fingerprint density at radius 2 is 1.70 bits per heavy atom. The minimum atomic E-state index is -3.86. The molecule has 0 aromatic heterocycles. The first-order chi connectivity index (χ1) is 8.99. The third-order valence-electron chi connectivity index (χ3n) is 2.40. The predicted octanol–water partition coefficient (Wildman–Crippen LogP) is -0.656. The Labute approximate surface area is 120 Å². The topological polar surface area (TPSA) is 130 Å². The van der Waals surface area contributed by atoms with Crippen molar-refractivity contribution in [2.45, 2.75) is 33.2 Å². The van der Waals surface area contributed by atoms with E-state index in [1.165, 1.54) is 6.92 Å². The zero-order valence-electron chi connectivity index (χ0n) is 11.8. The molecule has 0 radical (unpaired) electrons. The highest BCUT2D eigenvalue weighted by Crippen LogP contribution is 2.06. The van der Waals surface area contributed by atoms with Crippen LogP contribution in [0, 0.1) is 5.92 Å². The maximum absolute atomic E-state index is 11.7. The van der Waals surface area contributed by atoms with E-state index < -0.39 is 37.8 Å². The van der Waals surface area contributed by atoms with Gasteiger partial charge in [0.25, 0.3) is 0 Å². The van der Waals surface area contributed by atoms with Gasteiger partial charge >= 0.3 is 5.97 Å². The summed E-state index contributed by atoms with van der Waals surface area (Å²) in [5.74, 6) is -1.89. The molecule has 0 rings (SSSR count). The smallest absolute Gasteiger partial charge is 0.321 e. The van der Waals surface area contributed by atoms with E-state index in [2.05, 4.69) is 9.44 Å². The van der Waals surface area contributed by atoms with Gasteiger partial charge in [-0.2, -0.15) is 0 Å². The molecule has 0 aliphatic heterocycles. The molecule has 10 heteroatoms. The SMILES string of the molecule is CCS(=O)(=O)NCCS(=O)(=O)NC(CC(C)C)C(=O)O. The summed E-state index contributed by atoms with van der Waals surface area (Å²) >= 11 is 0. The van der Waals surface area contributed by atoms with Crippen molar-refractivity contribution >= 4 is 26.0 Å². The van der Waals surface area contributed by atoms with Crippen molar-refractivity contribution in [3.63, 3.8) is 0 Å². The standard InChI is InChI=1S/C10H22N2O6S2/c1-4-19(15,16)11-5-6-20(17,18)12-9(10(13)14)7-8(2)3/h8-9,11-12H,4-7H2,1-3H3,(H,13,14). The average Bonchev–Trinajstić information content (AvgIpc) is 2.26. The van der Waals surface area contributed by atoms with Crippen LogP contribution in [0.25, 0.3) is 0 Å². The summed E-state index contributed by atoms with van der Waals surface area (Å²) in [5.41, 5.74) is 0. The minimum Gasteiger partial charge on any atom is -0.480 e. The van der Waals surface area contributed by atoms with Crippen LogP contribution in [0.4, 0.5) is 0 Å². The molecule has 120 valence electrons. The van der Waals surface area contributed by atoms with E-state index in [9.17, 15) is 21.6 Å². The summed E-state index contributed by atoms with van der Waals surface area (Å²) in [5, 5.41) is 8.94. The lowest BCUT2D eigenvalue weighted by atomic mass is 10.1. The van der Waals surface area contributed by atoms with Crippen molar-refractivity contribution in [1.29, 1.82) is 0 Å². The van der Waals surface area contributed by atoms with Crippen LogP contribution in [0.1, 0.15) is 27.2 Å². The van der Waals surface area contributed by atoms with E-state index in [0.717, 1.165) is 0 Å². The summed E-state index contributed by atoms with van der Waals surface area (Å²) in [4.78, 5) is 11.0. The molecule has 0 aliphatic carbocycles. The van der Waals surface area contributed by atoms with Crippen molar-refractivity contribution in [3.05, 3.63) is 0 Å². The van der Waals surface area contributed by atoms with Gasteiger partial charge in [-0.25, -0.2) is 26.3 Å². The summed E-state index contributed by atoms with van der Waals surface area (Å²) in [7, 11) is -7.32. The predicted molar refractivity (Wildman–Crippen MR) is 75.3 cm³/mol. The second-order valence-electron chi connectivity index (χ2n) is 4.75. The summed E-state index contributed by atoms with van der Waals surface area (Å²) < 4.78 is 49.8. The highest BCUT2D eigenvalue weighted by Gasteiger charge is 2.24. The summed E-state index contributed by atoms with van der Waals surface area (Å²) in [6.07, 6.45) is 0.162. The number of aliphatic carboxylic acids is 1. The fourth-order valence-electron chi connectivity index (χ4n) is 1.38. The van der Waals surface area contributed by atoms with Gasteiger partial charge in [0.15, 0.2) is 0 Å². The molecule has 0 amide bonds. The molecule has 3 N–H and O–H groups in total. The molecule has 0 saturated heterocycles. The zero-order chi connectivity index (χ0) is 16.0. The highest BCUT2D eigenvalue weighted by atomic mass is 32.2. The van der Waals surface area contributed by atoms with E-state index >= 15 is 0 Å². The maximum atomic E-state index is 11.7. The first kappa shape index (κ1) is 19.3. The first-order valence-corrected chi connectivity index (χ1v) is 9.49. The molecule has 1 unspecified atom stereocenters. The van der Waals surface area contributed by atoms with Gasteiger partial charge in [0.05, 0.1) is 11.5 Å². The van der Waals surface area contributed by atoms with Crippen LogP contribution in [-0.4, -0.2) is 52.0 Å². The molecular weight excluding hydrogens is 308 g/mol. The minimum absolute atomic E-state index is 0.0115. The number of nitrogens with one attached hydrogen (secondary N) is 2. The van der Waals surface area contributed by atoms with Crippen LogP contribution in [0.2, 0.25) is 0 Å². The molecule has 0 aliphatic rings. The maximum Gasteiger partial charge on any atom is 0.321 e. The van der Waals surface area contributed by atoms with E-state index in [1.807, 2.05) is 0 Å². The number of carbonyl (C=O) groups is 1. The largest absolute Gasteiger partial charge is 0.480 e. The number of hydrogen-bond acceptors (Lipinski definition) is 5. The van der Waals surface area contributed by atoms with Crippen LogP contribution in [0.5, 0.6) is 0 Å². The molecule has 1 atom stereocenters. The van der Waals surface area contributed by atoms with Crippen molar-refractivity contribution in [2.24, 2.45) is 5.92 Å². The second-order valence-corrected chi connectivity index (χ2v) is 8.72. The van der Waals surface area contributed by atoms with Crippen molar-refractivity contribution in [3.8, 4) is 0 Å². The van der Waals surface area contributed by atoms with E-state index in [1.54, 1.807) is 13.8 Å². The van der Waals surface area contributed by atoms with Gasteiger partial charge in [0.2, 0.25) is 20.0 Å². The zero-order valence-corrected chi connectivity index (χ0v) is 13.4. The third-order valence-corrected chi connectivity index (χ3v) is 5.19. The summed E-state index contributed by atoms with van der Waals surface area (Å²) in [6, 6.07) is -1.21. The number of carboxylic acid groups (broad SMARTS) is 1. The average molecular weight is 330 g/mol. The number of carboxylic acids is 1. The molecule has 0 heterocycles. The summed E-state index contributed by atoms with van der Waals surface area (Å²) in [6.45, 7) is 4.69. The number of rotatable bonds is 10. The highest BCUT2D eigenvalue weighted by molar-refractivity contribution is 7.90. The molecule has 0 bridgehead atoms.